The average Bonchev–Trinajstić information content (AvgIpc) is 2.52. The molecule has 0 spiro atoms. The molecular weight excluding hydrogens is 408 g/mol. The van der Waals surface area contributed by atoms with Crippen LogP contribution in [-0.4, -0.2) is 67.7 Å². The van der Waals surface area contributed by atoms with Crippen LogP contribution >= 0.6 is 15.2 Å². The van der Waals surface area contributed by atoms with E-state index in [0.717, 1.165) is 0 Å². The maximum atomic E-state index is 10.7. The zero-order valence-corrected chi connectivity index (χ0v) is 16.5. The third-order valence-electron chi connectivity index (χ3n) is 2.68. The van der Waals surface area contributed by atoms with Gasteiger partial charge >= 0.3 is 15.2 Å². The summed E-state index contributed by atoms with van der Waals surface area (Å²) < 4.78 is 42.1. The van der Waals surface area contributed by atoms with Crippen LogP contribution < -0.4 is 15.2 Å². The third kappa shape index (κ3) is 11.9. The Morgan fingerprint density at radius 3 is 1.63 bits per heavy atom. The molecule has 27 heavy (non-hydrogen) atoms. The Morgan fingerprint density at radius 2 is 1.30 bits per heavy atom. The number of nitrogen functional groups attached to an aromatic ring is 1. The second-order valence-corrected chi connectivity index (χ2v) is 8.74. The molecule has 0 saturated carbocycles. The van der Waals surface area contributed by atoms with Crippen LogP contribution in [0.3, 0.4) is 0 Å². The molecule has 0 amide bonds. The van der Waals surface area contributed by atoms with E-state index in [1.165, 1.54) is 6.07 Å². The Kier molecular flexibility index (Phi) is 9.06. The van der Waals surface area contributed by atoms with Gasteiger partial charge in [0, 0.05) is 0 Å². The van der Waals surface area contributed by atoms with E-state index < -0.39 is 40.1 Å². The summed E-state index contributed by atoms with van der Waals surface area (Å²) in [6, 6.07) is 1.32. The summed E-state index contributed by atoms with van der Waals surface area (Å²) in [6.45, 7) is 2.99. The smallest absolute Gasteiger partial charge is 0.350 e. The number of hydrogen-bond donors (Lipinski definition) is 5. The number of anilines is 1. The van der Waals surface area contributed by atoms with Gasteiger partial charge in [-0.15, -0.1) is 0 Å². The molecule has 0 aliphatic heterocycles. The minimum Gasteiger partial charge on any atom is -0.475 e. The summed E-state index contributed by atoms with van der Waals surface area (Å²) in [5.41, 5.74) is 5.55. The quantitative estimate of drug-likeness (QED) is 0.275. The van der Waals surface area contributed by atoms with E-state index in [9.17, 15) is 9.13 Å². The van der Waals surface area contributed by atoms with Crippen LogP contribution in [0.2, 0.25) is 0 Å². The van der Waals surface area contributed by atoms with E-state index in [1.54, 1.807) is 13.8 Å². The Labute approximate surface area is 155 Å². The summed E-state index contributed by atoms with van der Waals surface area (Å²) in [6.07, 6.45) is -2.72. The van der Waals surface area contributed by atoms with Crippen LogP contribution in [0.4, 0.5) is 5.95 Å². The van der Waals surface area contributed by atoms with Crippen LogP contribution in [0, 0.1) is 0 Å². The van der Waals surface area contributed by atoms with E-state index >= 15 is 0 Å². The fourth-order valence-electron chi connectivity index (χ4n) is 1.52. The van der Waals surface area contributed by atoms with Crippen molar-refractivity contribution < 1.29 is 47.7 Å². The minimum absolute atomic E-state index is 0.0490. The van der Waals surface area contributed by atoms with Gasteiger partial charge in [0.25, 0.3) is 0 Å². The van der Waals surface area contributed by atoms with Crippen LogP contribution in [0.1, 0.15) is 13.8 Å². The molecule has 156 valence electrons. The molecule has 0 aromatic carbocycles. The first-order valence-corrected chi connectivity index (χ1v) is 11.2. The van der Waals surface area contributed by atoms with Gasteiger partial charge in [-0.3, -0.25) is 9.13 Å². The SMILES string of the molecule is C[C@H](COc1cc(OC[C@@H](C)OCP(=O)(O)O)nc(N)n1)OCP(=O)(O)O. The van der Waals surface area contributed by atoms with Crippen LogP contribution in [0.25, 0.3) is 0 Å². The molecule has 1 aromatic heterocycles. The Bertz CT molecular complexity index is 640. The second kappa shape index (κ2) is 10.3. The lowest BCUT2D eigenvalue weighted by molar-refractivity contribution is 0.0466. The van der Waals surface area contributed by atoms with Crippen LogP contribution in [0.5, 0.6) is 11.8 Å². The van der Waals surface area contributed by atoms with Crippen LogP contribution in [0.15, 0.2) is 6.07 Å². The zero-order chi connectivity index (χ0) is 20.7. The van der Waals surface area contributed by atoms with Gasteiger partial charge in [0.2, 0.25) is 17.7 Å². The van der Waals surface area contributed by atoms with E-state index in [4.69, 9.17) is 44.3 Å². The number of aromatic nitrogens is 2. The van der Waals surface area contributed by atoms with E-state index in [1.807, 2.05) is 0 Å². The number of nitrogens with zero attached hydrogens (tertiary/aromatic N) is 2. The van der Waals surface area contributed by atoms with E-state index in [0.29, 0.717) is 0 Å². The van der Waals surface area contributed by atoms with Crippen molar-refractivity contribution in [2.45, 2.75) is 26.1 Å². The predicted molar refractivity (Wildman–Crippen MR) is 92.4 cm³/mol. The molecule has 6 N–H and O–H groups in total. The van der Waals surface area contributed by atoms with Gasteiger partial charge in [0.15, 0.2) is 0 Å². The Balaban J connectivity index is 2.51. The molecule has 1 heterocycles. The first-order valence-electron chi connectivity index (χ1n) is 7.56. The highest BCUT2D eigenvalue weighted by Crippen LogP contribution is 2.35. The summed E-state index contributed by atoms with van der Waals surface area (Å²) in [7, 11) is -8.54. The van der Waals surface area contributed by atoms with E-state index in [2.05, 4.69) is 9.97 Å². The molecule has 1 rings (SSSR count). The maximum absolute atomic E-state index is 10.7. The molecule has 0 aliphatic carbocycles. The van der Waals surface area contributed by atoms with Gasteiger partial charge in [-0.1, -0.05) is 0 Å². The summed E-state index contributed by atoms with van der Waals surface area (Å²) in [5.74, 6) is -0.0454. The highest BCUT2D eigenvalue weighted by molar-refractivity contribution is 7.51. The zero-order valence-electron chi connectivity index (χ0n) is 14.7. The lowest BCUT2D eigenvalue weighted by Crippen LogP contribution is -2.20. The predicted octanol–water partition coefficient (Wildman–Crippen LogP) is -0.103. The first kappa shape index (κ1) is 23.7. The van der Waals surface area contributed by atoms with Crippen molar-refractivity contribution in [2.75, 3.05) is 31.6 Å². The van der Waals surface area contributed by atoms with Crippen molar-refractivity contribution in [2.24, 2.45) is 0 Å². The molecule has 0 fully saturated rings. The number of ether oxygens (including phenoxy) is 4. The van der Waals surface area contributed by atoms with Crippen molar-refractivity contribution in [3.63, 3.8) is 0 Å². The number of rotatable bonds is 12. The molecular formula is C12H23N3O10P2. The normalized spacial score (nSPS) is 14.6. The molecule has 0 bridgehead atoms. The van der Waals surface area contributed by atoms with Crippen molar-refractivity contribution >= 4 is 21.1 Å². The molecule has 2 atom stereocenters. The number of nitrogens with two attached hydrogens (primary N) is 1. The average molecular weight is 431 g/mol. The molecule has 0 radical (unpaired) electrons. The fourth-order valence-corrected chi connectivity index (χ4v) is 2.42. The maximum Gasteiger partial charge on any atom is 0.350 e. The Morgan fingerprint density at radius 1 is 0.926 bits per heavy atom. The fraction of sp³-hybridized carbons (Fsp3) is 0.667. The van der Waals surface area contributed by atoms with Crippen molar-refractivity contribution in [1.82, 2.24) is 9.97 Å². The molecule has 13 nitrogen and oxygen atoms in total. The summed E-state index contributed by atoms with van der Waals surface area (Å²) >= 11 is 0. The monoisotopic (exact) mass is 431 g/mol. The lowest BCUT2D eigenvalue weighted by atomic mass is 10.4. The third-order valence-corrected chi connectivity index (χ3v) is 3.65. The highest BCUT2D eigenvalue weighted by atomic mass is 31.2. The van der Waals surface area contributed by atoms with Gasteiger partial charge in [-0.25, -0.2) is 0 Å². The van der Waals surface area contributed by atoms with Crippen LogP contribution in [-0.2, 0) is 18.6 Å². The minimum atomic E-state index is -4.27. The summed E-state index contributed by atoms with van der Waals surface area (Å²) in [4.78, 5) is 42.7. The standard InChI is InChI=1S/C12H23N3O10P2/c1-8(24-6-26(16,17)18)4-22-10-3-11(15-12(13)14-10)23-5-9(2)25-7-27(19,20)21/h3,8-9H,4-7H2,1-2H3,(H2,13,14,15)(H2,16,17,18)(H2,19,20,21)/t8-,9-/m1/s1. The lowest BCUT2D eigenvalue weighted by Gasteiger charge is -2.16. The molecule has 0 saturated heterocycles. The first-order chi connectivity index (χ1) is 12.3. The van der Waals surface area contributed by atoms with Gasteiger partial charge in [-0.2, -0.15) is 9.97 Å². The topological polar surface area (TPSA) is 204 Å². The molecule has 0 aliphatic rings. The van der Waals surface area contributed by atoms with Gasteiger partial charge < -0.3 is 44.3 Å². The van der Waals surface area contributed by atoms with Gasteiger partial charge in [-0.05, 0) is 13.8 Å². The largest absolute Gasteiger partial charge is 0.475 e. The highest BCUT2D eigenvalue weighted by Gasteiger charge is 2.17. The number of hydrogen-bond acceptors (Lipinski definition) is 9. The second-order valence-electron chi connectivity index (χ2n) is 5.57. The van der Waals surface area contributed by atoms with Gasteiger partial charge in [0.1, 0.15) is 25.9 Å². The van der Waals surface area contributed by atoms with E-state index in [-0.39, 0.29) is 30.9 Å². The molecule has 0 unspecified atom stereocenters. The van der Waals surface area contributed by atoms with Gasteiger partial charge in [0.05, 0.1) is 18.3 Å². The Hall–Kier alpha value is -1.30. The molecule has 1 aromatic rings. The van der Waals surface area contributed by atoms with Crippen molar-refractivity contribution in [3.05, 3.63) is 6.07 Å². The van der Waals surface area contributed by atoms with Crippen molar-refractivity contribution in [3.8, 4) is 11.8 Å². The molecule has 15 heteroatoms. The summed E-state index contributed by atoms with van der Waals surface area (Å²) in [5, 5.41) is 0. The van der Waals surface area contributed by atoms with Crippen molar-refractivity contribution in [1.29, 1.82) is 0 Å².